The van der Waals surface area contributed by atoms with Crippen molar-refractivity contribution in [3.63, 3.8) is 0 Å². The summed E-state index contributed by atoms with van der Waals surface area (Å²) in [6, 6.07) is 18.6. The molecule has 174 valence electrons. The van der Waals surface area contributed by atoms with E-state index in [-0.39, 0.29) is 5.91 Å². The molecular formula is C25H25N5O2S2. The molecular weight excluding hydrogens is 466 g/mol. The molecule has 4 aromatic rings. The zero-order valence-electron chi connectivity index (χ0n) is 18.9. The maximum absolute atomic E-state index is 12.7. The number of para-hydroxylation sites is 1. The van der Waals surface area contributed by atoms with Crippen LogP contribution in [0.4, 0.5) is 0 Å². The van der Waals surface area contributed by atoms with Crippen LogP contribution in [-0.2, 0) is 16.9 Å². The minimum Gasteiger partial charge on any atom is -0.378 e. The van der Waals surface area contributed by atoms with E-state index in [1.807, 2.05) is 35.7 Å². The van der Waals surface area contributed by atoms with E-state index in [0.717, 1.165) is 27.2 Å². The number of aromatic nitrogens is 4. The lowest BCUT2D eigenvalue weighted by Crippen LogP contribution is -2.40. The summed E-state index contributed by atoms with van der Waals surface area (Å²) in [7, 11) is 0. The largest absolute Gasteiger partial charge is 0.378 e. The fraction of sp³-hybridized carbons (Fsp3) is 0.280. The molecule has 0 saturated carbocycles. The highest BCUT2D eigenvalue weighted by atomic mass is 32.2. The van der Waals surface area contributed by atoms with Crippen molar-refractivity contribution >= 4 is 29.0 Å². The number of carbonyl (C=O) groups is 1. The van der Waals surface area contributed by atoms with Gasteiger partial charge in [-0.3, -0.25) is 9.36 Å². The van der Waals surface area contributed by atoms with Gasteiger partial charge in [-0.15, -0.1) is 21.5 Å². The monoisotopic (exact) mass is 491 g/mol. The zero-order valence-corrected chi connectivity index (χ0v) is 20.5. The summed E-state index contributed by atoms with van der Waals surface area (Å²) in [5, 5.41) is 12.6. The van der Waals surface area contributed by atoms with Gasteiger partial charge in [0.1, 0.15) is 16.5 Å². The number of hydrogen-bond donors (Lipinski definition) is 0. The topological polar surface area (TPSA) is 73.1 Å². The molecule has 0 spiro atoms. The molecule has 9 heteroatoms. The SMILES string of the molecule is Cc1ccccc1-n1c(Cc2ccccc2)nnc1SCc1nc(C(=O)N2CCOCC2)cs1. The molecule has 0 bridgehead atoms. The van der Waals surface area contributed by atoms with Gasteiger partial charge in [-0.25, -0.2) is 4.98 Å². The molecule has 1 amide bonds. The van der Waals surface area contributed by atoms with Crippen LogP contribution in [0.2, 0.25) is 0 Å². The maximum atomic E-state index is 12.7. The van der Waals surface area contributed by atoms with Gasteiger partial charge in [0.2, 0.25) is 0 Å². The van der Waals surface area contributed by atoms with Crippen molar-refractivity contribution in [1.29, 1.82) is 0 Å². The first-order valence-corrected chi connectivity index (χ1v) is 13.0. The van der Waals surface area contributed by atoms with E-state index in [4.69, 9.17) is 4.74 Å². The number of amides is 1. The first kappa shape index (κ1) is 22.8. The van der Waals surface area contributed by atoms with Gasteiger partial charge < -0.3 is 9.64 Å². The van der Waals surface area contributed by atoms with Crippen molar-refractivity contribution in [1.82, 2.24) is 24.6 Å². The Balaban J connectivity index is 1.36. The van der Waals surface area contributed by atoms with Gasteiger partial charge in [-0.05, 0) is 24.1 Å². The summed E-state index contributed by atoms with van der Waals surface area (Å²) in [6.07, 6.45) is 0.693. The van der Waals surface area contributed by atoms with Crippen molar-refractivity contribution in [3.05, 3.63) is 87.6 Å². The van der Waals surface area contributed by atoms with Crippen molar-refractivity contribution in [3.8, 4) is 5.69 Å². The second-order valence-electron chi connectivity index (χ2n) is 8.00. The Labute approximate surface area is 206 Å². The molecule has 3 heterocycles. The number of benzene rings is 2. The van der Waals surface area contributed by atoms with E-state index in [0.29, 0.717) is 44.2 Å². The summed E-state index contributed by atoms with van der Waals surface area (Å²) in [5.74, 6) is 1.49. The van der Waals surface area contributed by atoms with Crippen molar-refractivity contribution in [2.45, 2.75) is 24.3 Å². The van der Waals surface area contributed by atoms with E-state index in [2.05, 4.69) is 50.9 Å². The zero-order chi connectivity index (χ0) is 23.3. The minimum atomic E-state index is -0.0241. The number of rotatable bonds is 7. The lowest BCUT2D eigenvalue weighted by molar-refractivity contribution is 0.0299. The van der Waals surface area contributed by atoms with Crippen LogP contribution in [0.25, 0.3) is 5.69 Å². The third-order valence-corrected chi connectivity index (χ3v) is 7.63. The number of ether oxygens (including phenoxy) is 1. The highest BCUT2D eigenvalue weighted by Gasteiger charge is 2.22. The van der Waals surface area contributed by atoms with Crippen molar-refractivity contribution in [2.75, 3.05) is 26.3 Å². The van der Waals surface area contributed by atoms with E-state index in [1.165, 1.54) is 16.9 Å². The van der Waals surface area contributed by atoms with E-state index < -0.39 is 0 Å². The first-order chi connectivity index (χ1) is 16.7. The molecule has 34 heavy (non-hydrogen) atoms. The highest BCUT2D eigenvalue weighted by Crippen LogP contribution is 2.29. The number of carbonyl (C=O) groups excluding carboxylic acids is 1. The molecule has 7 nitrogen and oxygen atoms in total. The Kier molecular flexibility index (Phi) is 7.03. The molecule has 2 aromatic carbocycles. The number of aryl methyl sites for hydroxylation is 1. The Morgan fingerprint density at radius 2 is 1.82 bits per heavy atom. The summed E-state index contributed by atoms with van der Waals surface area (Å²) < 4.78 is 7.48. The van der Waals surface area contributed by atoms with Crippen LogP contribution in [-0.4, -0.2) is 56.9 Å². The number of hydrogen-bond acceptors (Lipinski definition) is 7. The Bertz CT molecular complexity index is 1270. The van der Waals surface area contributed by atoms with Gasteiger partial charge in [-0.1, -0.05) is 60.3 Å². The summed E-state index contributed by atoms with van der Waals surface area (Å²) in [5.41, 5.74) is 3.93. The summed E-state index contributed by atoms with van der Waals surface area (Å²) in [6.45, 7) is 4.49. The van der Waals surface area contributed by atoms with E-state index in [1.54, 1.807) is 16.7 Å². The standard InChI is InChI=1S/C25H25N5O2S2/c1-18-7-5-6-10-21(18)30-22(15-19-8-3-2-4-9-19)27-28-25(30)34-17-23-26-20(16-33-23)24(31)29-11-13-32-14-12-29/h2-10,16H,11-15,17H2,1H3. The second kappa shape index (κ2) is 10.5. The first-order valence-electron chi connectivity index (χ1n) is 11.2. The molecule has 5 rings (SSSR count). The van der Waals surface area contributed by atoms with Gasteiger partial charge in [0, 0.05) is 24.9 Å². The van der Waals surface area contributed by atoms with Gasteiger partial charge in [0.25, 0.3) is 5.91 Å². The van der Waals surface area contributed by atoms with Crippen LogP contribution < -0.4 is 0 Å². The molecule has 0 aliphatic carbocycles. The summed E-state index contributed by atoms with van der Waals surface area (Å²) in [4.78, 5) is 19.1. The lowest BCUT2D eigenvalue weighted by atomic mass is 10.1. The molecule has 2 aromatic heterocycles. The van der Waals surface area contributed by atoms with Gasteiger partial charge in [0.15, 0.2) is 5.16 Å². The fourth-order valence-electron chi connectivity index (χ4n) is 3.87. The predicted molar refractivity (Wildman–Crippen MR) is 134 cm³/mol. The maximum Gasteiger partial charge on any atom is 0.273 e. The van der Waals surface area contributed by atoms with Crippen LogP contribution in [0.3, 0.4) is 0 Å². The molecule has 1 saturated heterocycles. The normalized spacial score (nSPS) is 13.9. The second-order valence-corrected chi connectivity index (χ2v) is 9.89. The van der Waals surface area contributed by atoms with Crippen molar-refractivity contribution < 1.29 is 9.53 Å². The van der Waals surface area contributed by atoms with Crippen molar-refractivity contribution in [2.24, 2.45) is 0 Å². The van der Waals surface area contributed by atoms with Crippen LogP contribution in [0.15, 0.2) is 65.1 Å². The molecule has 0 radical (unpaired) electrons. The quantitative estimate of drug-likeness (QED) is 0.357. The third-order valence-electron chi connectivity index (χ3n) is 5.66. The molecule has 1 aliphatic rings. The molecule has 0 atom stereocenters. The van der Waals surface area contributed by atoms with Crippen LogP contribution in [0.1, 0.15) is 32.4 Å². The Morgan fingerprint density at radius 3 is 2.62 bits per heavy atom. The van der Waals surface area contributed by atoms with Crippen LogP contribution >= 0.6 is 23.1 Å². The Hall–Kier alpha value is -3.01. The molecule has 0 N–H and O–H groups in total. The average molecular weight is 492 g/mol. The summed E-state index contributed by atoms with van der Waals surface area (Å²) >= 11 is 3.10. The lowest BCUT2D eigenvalue weighted by Gasteiger charge is -2.25. The fourth-order valence-corrected chi connectivity index (χ4v) is 5.62. The predicted octanol–water partition coefficient (Wildman–Crippen LogP) is 4.39. The van der Waals surface area contributed by atoms with Gasteiger partial charge in [-0.2, -0.15) is 0 Å². The van der Waals surface area contributed by atoms with E-state index in [9.17, 15) is 4.79 Å². The third kappa shape index (κ3) is 5.06. The van der Waals surface area contributed by atoms with E-state index >= 15 is 0 Å². The molecule has 1 fully saturated rings. The highest BCUT2D eigenvalue weighted by molar-refractivity contribution is 7.98. The van der Waals surface area contributed by atoms with Gasteiger partial charge in [0.05, 0.1) is 24.7 Å². The van der Waals surface area contributed by atoms with Crippen LogP contribution in [0.5, 0.6) is 0 Å². The average Bonchev–Trinajstić information content (AvgIpc) is 3.51. The number of thioether (sulfide) groups is 1. The Morgan fingerprint density at radius 1 is 1.06 bits per heavy atom. The molecule has 1 aliphatic heterocycles. The number of thiazole rings is 1. The number of morpholine rings is 1. The molecule has 0 unspecified atom stereocenters. The number of nitrogens with zero attached hydrogens (tertiary/aromatic N) is 5. The van der Waals surface area contributed by atoms with Crippen LogP contribution in [0, 0.1) is 6.92 Å². The smallest absolute Gasteiger partial charge is 0.273 e. The van der Waals surface area contributed by atoms with Gasteiger partial charge >= 0.3 is 0 Å². The minimum absolute atomic E-state index is 0.0241.